The Morgan fingerprint density at radius 3 is 2.40 bits per heavy atom. The standard InChI is InChI=1S/C16H19F2NO/c1-11-2-4-12(5-3-11)9-15(6-7-15)19-14(20)8-13-10-16(13,17)18/h2-5,13H,6-10H2,1H3,(H,19,20)/t13-/m0/s1. The largest absolute Gasteiger partial charge is 0.350 e. The first-order valence-corrected chi connectivity index (χ1v) is 7.13. The molecule has 1 aromatic rings. The van der Waals surface area contributed by atoms with E-state index in [1.54, 1.807) is 0 Å². The number of amides is 1. The third-order valence-corrected chi connectivity index (χ3v) is 4.31. The molecule has 0 spiro atoms. The second kappa shape index (κ2) is 4.54. The van der Waals surface area contributed by atoms with Crippen molar-refractivity contribution in [2.75, 3.05) is 0 Å². The Bertz CT molecular complexity index is 520. The predicted molar refractivity (Wildman–Crippen MR) is 72.7 cm³/mol. The monoisotopic (exact) mass is 279 g/mol. The molecule has 4 heteroatoms. The van der Waals surface area contributed by atoms with E-state index < -0.39 is 11.8 Å². The maximum atomic E-state index is 12.8. The number of hydrogen-bond acceptors (Lipinski definition) is 1. The zero-order valence-corrected chi connectivity index (χ0v) is 11.6. The first kappa shape index (κ1) is 13.5. The average Bonchev–Trinajstić information content (AvgIpc) is 3.23. The van der Waals surface area contributed by atoms with Gasteiger partial charge in [0.15, 0.2) is 0 Å². The van der Waals surface area contributed by atoms with Crippen LogP contribution in [0.5, 0.6) is 0 Å². The smallest absolute Gasteiger partial charge is 0.252 e. The lowest BCUT2D eigenvalue weighted by Crippen LogP contribution is -2.38. The summed E-state index contributed by atoms with van der Waals surface area (Å²) in [6.45, 7) is 2.04. The molecule has 108 valence electrons. The van der Waals surface area contributed by atoms with Crippen molar-refractivity contribution in [1.82, 2.24) is 5.32 Å². The number of alkyl halides is 2. The van der Waals surface area contributed by atoms with Gasteiger partial charge in [-0.3, -0.25) is 4.79 Å². The van der Waals surface area contributed by atoms with E-state index in [-0.39, 0.29) is 24.3 Å². The average molecular weight is 279 g/mol. The van der Waals surface area contributed by atoms with Crippen LogP contribution in [0.2, 0.25) is 0 Å². The van der Waals surface area contributed by atoms with Gasteiger partial charge in [0.25, 0.3) is 5.92 Å². The minimum Gasteiger partial charge on any atom is -0.350 e. The summed E-state index contributed by atoms with van der Waals surface area (Å²) in [5.41, 5.74) is 2.21. The summed E-state index contributed by atoms with van der Waals surface area (Å²) < 4.78 is 25.6. The Balaban J connectivity index is 1.54. The number of benzene rings is 1. The van der Waals surface area contributed by atoms with E-state index in [1.807, 2.05) is 6.92 Å². The Labute approximate surface area is 117 Å². The highest BCUT2D eigenvalue weighted by molar-refractivity contribution is 5.78. The Morgan fingerprint density at radius 1 is 1.30 bits per heavy atom. The highest BCUT2D eigenvalue weighted by Gasteiger charge is 2.57. The summed E-state index contributed by atoms with van der Waals surface area (Å²) >= 11 is 0. The third-order valence-electron chi connectivity index (χ3n) is 4.31. The number of nitrogens with one attached hydrogen (secondary N) is 1. The summed E-state index contributed by atoms with van der Waals surface area (Å²) in [7, 11) is 0. The Kier molecular flexibility index (Phi) is 3.07. The Hall–Kier alpha value is -1.45. The van der Waals surface area contributed by atoms with Crippen LogP contribution in [0.3, 0.4) is 0 Å². The van der Waals surface area contributed by atoms with E-state index in [0.717, 1.165) is 19.3 Å². The first-order chi connectivity index (χ1) is 9.39. The fraction of sp³-hybridized carbons (Fsp3) is 0.562. The highest BCUT2D eigenvalue weighted by Crippen LogP contribution is 2.51. The van der Waals surface area contributed by atoms with Crippen LogP contribution in [-0.2, 0) is 11.2 Å². The number of carbonyl (C=O) groups excluding carboxylic acids is 1. The van der Waals surface area contributed by atoms with Crippen molar-refractivity contribution in [2.45, 2.75) is 50.5 Å². The van der Waals surface area contributed by atoms with Crippen molar-refractivity contribution in [3.05, 3.63) is 35.4 Å². The lowest BCUT2D eigenvalue weighted by molar-refractivity contribution is -0.123. The zero-order valence-electron chi connectivity index (χ0n) is 11.6. The second-order valence-corrected chi connectivity index (χ2v) is 6.36. The fourth-order valence-corrected chi connectivity index (χ4v) is 2.66. The van der Waals surface area contributed by atoms with E-state index >= 15 is 0 Å². The van der Waals surface area contributed by atoms with Gasteiger partial charge in [-0.05, 0) is 31.7 Å². The normalized spacial score (nSPS) is 25.1. The molecule has 2 fully saturated rings. The summed E-state index contributed by atoms with van der Waals surface area (Å²) in [6.07, 6.45) is 2.50. The summed E-state index contributed by atoms with van der Waals surface area (Å²) in [6, 6.07) is 8.24. The number of aryl methyl sites for hydroxylation is 1. The summed E-state index contributed by atoms with van der Waals surface area (Å²) in [4.78, 5) is 11.8. The van der Waals surface area contributed by atoms with Gasteiger partial charge in [0, 0.05) is 24.3 Å². The van der Waals surface area contributed by atoms with Gasteiger partial charge in [0.1, 0.15) is 0 Å². The van der Waals surface area contributed by atoms with Gasteiger partial charge in [-0.2, -0.15) is 0 Å². The van der Waals surface area contributed by atoms with Crippen molar-refractivity contribution in [2.24, 2.45) is 5.92 Å². The lowest BCUT2D eigenvalue weighted by Gasteiger charge is -2.17. The number of carbonyl (C=O) groups is 1. The second-order valence-electron chi connectivity index (χ2n) is 6.36. The van der Waals surface area contributed by atoms with Crippen LogP contribution in [0.15, 0.2) is 24.3 Å². The van der Waals surface area contributed by atoms with Crippen LogP contribution in [0.25, 0.3) is 0 Å². The van der Waals surface area contributed by atoms with Crippen LogP contribution < -0.4 is 5.32 Å². The maximum Gasteiger partial charge on any atom is 0.252 e. The van der Waals surface area contributed by atoms with Crippen LogP contribution in [0, 0.1) is 12.8 Å². The molecule has 20 heavy (non-hydrogen) atoms. The van der Waals surface area contributed by atoms with Crippen LogP contribution >= 0.6 is 0 Å². The molecule has 2 aliphatic carbocycles. The molecule has 1 N–H and O–H groups in total. The van der Waals surface area contributed by atoms with Gasteiger partial charge >= 0.3 is 0 Å². The van der Waals surface area contributed by atoms with Gasteiger partial charge in [-0.1, -0.05) is 29.8 Å². The van der Waals surface area contributed by atoms with E-state index in [9.17, 15) is 13.6 Å². The van der Waals surface area contributed by atoms with Crippen molar-refractivity contribution in [1.29, 1.82) is 0 Å². The Morgan fingerprint density at radius 2 is 1.90 bits per heavy atom. The van der Waals surface area contributed by atoms with E-state index in [0.29, 0.717) is 0 Å². The predicted octanol–water partition coefficient (Wildman–Crippen LogP) is 3.23. The molecular formula is C16H19F2NO. The molecule has 0 radical (unpaired) electrons. The summed E-state index contributed by atoms with van der Waals surface area (Å²) in [5.74, 6) is -3.57. The van der Waals surface area contributed by atoms with Crippen molar-refractivity contribution in [3.63, 3.8) is 0 Å². The molecule has 0 saturated heterocycles. The molecule has 1 aromatic carbocycles. The molecule has 0 unspecified atom stereocenters. The topological polar surface area (TPSA) is 29.1 Å². The SMILES string of the molecule is Cc1ccc(CC2(NC(=O)C[C@H]3CC3(F)F)CC2)cc1. The number of halogens is 2. The molecule has 0 heterocycles. The zero-order chi connectivity index (χ0) is 14.4. The van der Waals surface area contributed by atoms with Gasteiger partial charge in [0.2, 0.25) is 5.91 Å². The van der Waals surface area contributed by atoms with Crippen LogP contribution in [0.1, 0.15) is 36.8 Å². The van der Waals surface area contributed by atoms with Crippen molar-refractivity contribution < 1.29 is 13.6 Å². The quantitative estimate of drug-likeness (QED) is 0.881. The molecule has 1 amide bonds. The highest BCUT2D eigenvalue weighted by atomic mass is 19.3. The molecule has 2 aliphatic rings. The van der Waals surface area contributed by atoms with Crippen LogP contribution in [0.4, 0.5) is 8.78 Å². The molecule has 2 nitrogen and oxygen atoms in total. The van der Waals surface area contributed by atoms with Gasteiger partial charge in [-0.25, -0.2) is 8.78 Å². The molecule has 1 atom stereocenters. The molecule has 2 saturated carbocycles. The molecular weight excluding hydrogens is 260 g/mol. The van der Waals surface area contributed by atoms with Gasteiger partial charge < -0.3 is 5.32 Å². The maximum absolute atomic E-state index is 12.8. The van der Waals surface area contributed by atoms with Crippen molar-refractivity contribution >= 4 is 5.91 Å². The van der Waals surface area contributed by atoms with Gasteiger partial charge in [0.05, 0.1) is 0 Å². The molecule has 0 aliphatic heterocycles. The third kappa shape index (κ3) is 3.00. The van der Waals surface area contributed by atoms with E-state index in [4.69, 9.17) is 0 Å². The van der Waals surface area contributed by atoms with Gasteiger partial charge in [-0.15, -0.1) is 0 Å². The minimum absolute atomic E-state index is 0.0390. The first-order valence-electron chi connectivity index (χ1n) is 7.13. The van der Waals surface area contributed by atoms with Crippen molar-refractivity contribution in [3.8, 4) is 0 Å². The van der Waals surface area contributed by atoms with E-state index in [1.165, 1.54) is 11.1 Å². The fourth-order valence-electron chi connectivity index (χ4n) is 2.66. The molecule has 0 bridgehead atoms. The van der Waals surface area contributed by atoms with E-state index in [2.05, 4.69) is 29.6 Å². The summed E-state index contributed by atoms with van der Waals surface area (Å²) in [5, 5.41) is 2.97. The minimum atomic E-state index is -2.61. The number of hydrogen-bond donors (Lipinski definition) is 1. The van der Waals surface area contributed by atoms with Crippen LogP contribution in [-0.4, -0.2) is 17.4 Å². The molecule has 3 rings (SSSR count). The molecule has 0 aromatic heterocycles. The lowest BCUT2D eigenvalue weighted by atomic mass is 10.0. The number of rotatable bonds is 5.